The van der Waals surface area contributed by atoms with E-state index in [0.717, 1.165) is 58.4 Å². The number of hydrogen-bond donors (Lipinski definition) is 0. The van der Waals surface area contributed by atoms with Crippen LogP contribution in [-0.4, -0.2) is 59.4 Å². The summed E-state index contributed by atoms with van der Waals surface area (Å²) in [6, 6.07) is 15.1. The van der Waals surface area contributed by atoms with Crippen molar-refractivity contribution in [1.29, 1.82) is 0 Å². The Morgan fingerprint density at radius 3 is 2.10 bits per heavy atom. The minimum absolute atomic E-state index is 0.0381. The predicted octanol–water partition coefficient (Wildman–Crippen LogP) is 3.09. The second kappa shape index (κ2) is 7.88. The van der Waals surface area contributed by atoms with Crippen molar-refractivity contribution in [2.24, 2.45) is 11.8 Å². The van der Waals surface area contributed by atoms with E-state index in [1.54, 1.807) is 4.90 Å². The molecule has 0 N–H and O–H groups in total. The summed E-state index contributed by atoms with van der Waals surface area (Å²) in [6.45, 7) is 5.15. The van der Waals surface area contributed by atoms with Crippen LogP contribution in [0.5, 0.6) is 0 Å². The Labute approximate surface area is 172 Å². The van der Waals surface area contributed by atoms with Crippen molar-refractivity contribution < 1.29 is 9.59 Å². The molecule has 5 rings (SSSR count). The number of piperazine rings is 1. The van der Waals surface area contributed by atoms with Gasteiger partial charge in [-0.2, -0.15) is 0 Å². The van der Waals surface area contributed by atoms with Gasteiger partial charge in [-0.15, -0.1) is 0 Å². The molecule has 3 fully saturated rings. The van der Waals surface area contributed by atoms with E-state index in [0.29, 0.717) is 6.67 Å². The summed E-state index contributed by atoms with van der Waals surface area (Å²) in [5, 5.41) is 2.62. The highest BCUT2D eigenvalue weighted by Crippen LogP contribution is 2.38. The monoisotopic (exact) mass is 391 g/mol. The maximum Gasteiger partial charge on any atom is 0.234 e. The van der Waals surface area contributed by atoms with Crippen molar-refractivity contribution in [3.05, 3.63) is 48.0 Å². The molecule has 1 aliphatic carbocycles. The second-order valence-electron chi connectivity index (χ2n) is 8.78. The van der Waals surface area contributed by atoms with Crippen LogP contribution >= 0.6 is 0 Å². The molecule has 2 saturated heterocycles. The normalized spacial score (nSPS) is 26.3. The number of rotatable bonds is 4. The maximum atomic E-state index is 12.7. The molecule has 2 aromatic rings. The van der Waals surface area contributed by atoms with Gasteiger partial charge in [-0.1, -0.05) is 55.3 Å². The topological polar surface area (TPSA) is 43.9 Å². The first-order valence-electron chi connectivity index (χ1n) is 11.0. The fourth-order valence-corrected chi connectivity index (χ4v) is 5.33. The van der Waals surface area contributed by atoms with E-state index in [4.69, 9.17) is 0 Å². The zero-order chi connectivity index (χ0) is 19.8. The van der Waals surface area contributed by atoms with Gasteiger partial charge in [-0.25, -0.2) is 0 Å². The van der Waals surface area contributed by atoms with Gasteiger partial charge in [0.05, 0.1) is 18.5 Å². The van der Waals surface area contributed by atoms with E-state index in [-0.39, 0.29) is 23.7 Å². The fraction of sp³-hybridized carbons (Fsp3) is 0.500. The molecule has 2 aliphatic heterocycles. The Bertz CT molecular complexity index is 890. The molecule has 5 nitrogen and oxygen atoms in total. The van der Waals surface area contributed by atoms with Crippen LogP contribution in [0.2, 0.25) is 0 Å². The van der Waals surface area contributed by atoms with Crippen LogP contribution < -0.4 is 0 Å². The van der Waals surface area contributed by atoms with E-state index in [1.807, 2.05) is 0 Å². The Kier molecular flexibility index (Phi) is 5.10. The first kappa shape index (κ1) is 18.8. The summed E-state index contributed by atoms with van der Waals surface area (Å²) in [5.41, 5.74) is 1.37. The van der Waals surface area contributed by atoms with E-state index in [1.165, 1.54) is 16.3 Å². The molecule has 29 heavy (non-hydrogen) atoms. The standard InChI is InChI=1S/C24H29N3O2/c28-23-21-10-3-4-11-22(21)24(29)27(23)17-26-14-12-25(13-15-26)16-19-8-5-7-18-6-1-2-9-20(18)19/h1-2,5-9,21-22H,3-4,10-17H2/t21-,22+. The third-order valence-corrected chi connectivity index (χ3v) is 7.01. The van der Waals surface area contributed by atoms with Crippen LogP contribution in [0.15, 0.2) is 42.5 Å². The molecule has 152 valence electrons. The average molecular weight is 392 g/mol. The molecule has 0 unspecified atom stereocenters. The van der Waals surface area contributed by atoms with Crippen LogP contribution in [0.1, 0.15) is 31.2 Å². The molecule has 0 aromatic heterocycles. The zero-order valence-corrected chi connectivity index (χ0v) is 16.9. The minimum atomic E-state index is -0.0381. The van der Waals surface area contributed by atoms with E-state index < -0.39 is 0 Å². The molecule has 2 heterocycles. The maximum absolute atomic E-state index is 12.7. The van der Waals surface area contributed by atoms with E-state index in [9.17, 15) is 9.59 Å². The van der Waals surface area contributed by atoms with Crippen LogP contribution in [0.25, 0.3) is 10.8 Å². The molecule has 0 bridgehead atoms. The lowest BCUT2D eigenvalue weighted by molar-refractivity contribution is -0.142. The Morgan fingerprint density at radius 1 is 0.759 bits per heavy atom. The summed E-state index contributed by atoms with van der Waals surface area (Å²) in [5.74, 6) is 0.0866. The Hall–Kier alpha value is -2.24. The highest BCUT2D eigenvalue weighted by molar-refractivity contribution is 6.05. The molecule has 0 spiro atoms. The van der Waals surface area contributed by atoms with Crippen molar-refractivity contribution in [1.82, 2.24) is 14.7 Å². The number of hydrogen-bond acceptors (Lipinski definition) is 4. The number of imide groups is 1. The van der Waals surface area contributed by atoms with Crippen LogP contribution in [0, 0.1) is 11.8 Å². The van der Waals surface area contributed by atoms with Crippen LogP contribution in [0.3, 0.4) is 0 Å². The highest BCUT2D eigenvalue weighted by atomic mass is 16.2. The number of nitrogens with zero attached hydrogens (tertiary/aromatic N) is 3. The lowest BCUT2D eigenvalue weighted by atomic mass is 9.81. The van der Waals surface area contributed by atoms with Gasteiger partial charge in [0.1, 0.15) is 0 Å². The summed E-state index contributed by atoms with van der Waals surface area (Å²) in [6.07, 6.45) is 3.96. The Morgan fingerprint density at radius 2 is 1.38 bits per heavy atom. The average Bonchev–Trinajstić information content (AvgIpc) is 3.00. The smallest absolute Gasteiger partial charge is 0.234 e. The Balaban J connectivity index is 1.19. The van der Waals surface area contributed by atoms with Gasteiger partial charge in [-0.05, 0) is 29.2 Å². The quantitative estimate of drug-likeness (QED) is 0.752. The molecule has 5 heteroatoms. The summed E-state index contributed by atoms with van der Waals surface area (Å²) < 4.78 is 0. The fourth-order valence-electron chi connectivity index (χ4n) is 5.33. The van der Waals surface area contributed by atoms with Crippen LogP contribution in [-0.2, 0) is 16.1 Å². The first-order valence-corrected chi connectivity index (χ1v) is 11.0. The van der Waals surface area contributed by atoms with Crippen molar-refractivity contribution in [2.75, 3.05) is 32.8 Å². The number of amides is 2. The van der Waals surface area contributed by atoms with Crippen molar-refractivity contribution >= 4 is 22.6 Å². The number of fused-ring (bicyclic) bond motifs is 2. The van der Waals surface area contributed by atoms with Gasteiger partial charge in [0, 0.05) is 32.7 Å². The lowest BCUT2D eigenvalue weighted by Crippen LogP contribution is -2.51. The molecular weight excluding hydrogens is 362 g/mol. The van der Waals surface area contributed by atoms with Gasteiger partial charge in [0.25, 0.3) is 0 Å². The van der Waals surface area contributed by atoms with Gasteiger partial charge >= 0.3 is 0 Å². The van der Waals surface area contributed by atoms with Crippen LogP contribution in [0.4, 0.5) is 0 Å². The van der Waals surface area contributed by atoms with Crippen molar-refractivity contribution in [3.8, 4) is 0 Å². The van der Waals surface area contributed by atoms with Gasteiger partial charge < -0.3 is 0 Å². The van der Waals surface area contributed by atoms with Crippen molar-refractivity contribution in [3.63, 3.8) is 0 Å². The molecule has 0 radical (unpaired) electrons. The third-order valence-electron chi connectivity index (χ3n) is 7.01. The minimum Gasteiger partial charge on any atom is -0.297 e. The van der Waals surface area contributed by atoms with Gasteiger partial charge in [0.15, 0.2) is 0 Å². The second-order valence-corrected chi connectivity index (χ2v) is 8.78. The van der Waals surface area contributed by atoms with E-state index >= 15 is 0 Å². The third kappa shape index (κ3) is 3.58. The largest absolute Gasteiger partial charge is 0.297 e. The summed E-state index contributed by atoms with van der Waals surface area (Å²) >= 11 is 0. The lowest BCUT2D eigenvalue weighted by Gasteiger charge is -2.36. The molecule has 2 atom stereocenters. The van der Waals surface area contributed by atoms with E-state index in [2.05, 4.69) is 52.3 Å². The molecule has 2 aromatic carbocycles. The highest BCUT2D eigenvalue weighted by Gasteiger charge is 2.48. The van der Waals surface area contributed by atoms with Crippen molar-refractivity contribution in [2.45, 2.75) is 32.2 Å². The van der Waals surface area contributed by atoms with Gasteiger partial charge in [-0.3, -0.25) is 24.3 Å². The zero-order valence-electron chi connectivity index (χ0n) is 16.9. The molecule has 1 saturated carbocycles. The number of carbonyl (C=O) groups is 2. The summed E-state index contributed by atoms with van der Waals surface area (Å²) in [4.78, 5) is 31.7. The number of benzene rings is 2. The van der Waals surface area contributed by atoms with Gasteiger partial charge in [0.2, 0.25) is 11.8 Å². The SMILES string of the molecule is O=C1[C@H]2CCCC[C@H]2C(=O)N1CN1CCN(Cc2cccc3ccccc23)CC1. The number of carbonyl (C=O) groups excluding carboxylic acids is 2. The molecular formula is C24H29N3O2. The molecule has 2 amide bonds. The predicted molar refractivity (Wildman–Crippen MR) is 113 cm³/mol. The number of likely N-dealkylation sites (tertiary alicyclic amines) is 1. The molecule has 3 aliphatic rings. The summed E-state index contributed by atoms with van der Waals surface area (Å²) in [7, 11) is 0. The first-order chi connectivity index (χ1) is 14.2.